The van der Waals surface area contributed by atoms with Crippen LogP contribution in [0.4, 0.5) is 0 Å². The number of rotatable bonds is 2. The van der Waals surface area contributed by atoms with Crippen LogP contribution in [0.3, 0.4) is 0 Å². The van der Waals surface area contributed by atoms with Crippen molar-refractivity contribution in [1.29, 1.82) is 0 Å². The summed E-state index contributed by atoms with van der Waals surface area (Å²) in [7, 11) is 0. The number of nitrogens with zero attached hydrogens (tertiary/aromatic N) is 3. The monoisotopic (exact) mass is 389 g/mol. The van der Waals surface area contributed by atoms with E-state index in [1.807, 2.05) is 12.1 Å². The lowest BCUT2D eigenvalue weighted by atomic mass is 9.81. The van der Waals surface area contributed by atoms with Gasteiger partial charge in [-0.05, 0) is 37.1 Å². The Bertz CT molecular complexity index is 698. The Morgan fingerprint density at radius 2 is 1.81 bits per heavy atom. The van der Waals surface area contributed by atoms with Crippen LogP contribution in [-0.4, -0.2) is 84.2 Å². The topological polar surface area (TPSA) is 36.0 Å². The highest BCUT2D eigenvalue weighted by Crippen LogP contribution is 2.39. The van der Waals surface area contributed by atoms with E-state index in [2.05, 4.69) is 14.7 Å². The first-order valence-corrected chi connectivity index (χ1v) is 10.7. The normalized spacial score (nSPS) is 28.9. The molecule has 1 atom stereocenters. The van der Waals surface area contributed by atoms with Crippen LogP contribution in [0.5, 0.6) is 0 Å². The van der Waals surface area contributed by atoms with Gasteiger partial charge in [0.2, 0.25) is 0 Å². The number of hydrogen-bond donors (Lipinski definition) is 0. The number of halogens is 1. The molecule has 0 bridgehead atoms. The first-order valence-electron chi connectivity index (χ1n) is 10.3. The quantitative estimate of drug-likeness (QED) is 0.778. The highest BCUT2D eigenvalue weighted by molar-refractivity contribution is 6.30. The van der Waals surface area contributed by atoms with E-state index >= 15 is 0 Å². The van der Waals surface area contributed by atoms with Crippen molar-refractivity contribution < 1.29 is 9.53 Å². The Morgan fingerprint density at radius 1 is 1.07 bits per heavy atom. The lowest BCUT2D eigenvalue weighted by Gasteiger charge is -2.64. The van der Waals surface area contributed by atoms with Gasteiger partial charge in [-0.1, -0.05) is 24.4 Å². The molecule has 0 unspecified atom stereocenters. The molecule has 5 rings (SSSR count). The van der Waals surface area contributed by atoms with Crippen LogP contribution < -0.4 is 0 Å². The number of amides is 1. The lowest BCUT2D eigenvalue weighted by molar-refractivity contribution is -0.165. The lowest BCUT2D eigenvalue weighted by Crippen LogP contribution is -2.81. The summed E-state index contributed by atoms with van der Waals surface area (Å²) < 4.78 is 5.77. The molecule has 1 aromatic carbocycles. The molecule has 4 fully saturated rings. The smallest absolute Gasteiger partial charge is 0.253 e. The Balaban J connectivity index is 1.35. The average Bonchev–Trinajstić information content (AvgIpc) is 3.19. The van der Waals surface area contributed by atoms with Crippen LogP contribution in [-0.2, 0) is 4.74 Å². The van der Waals surface area contributed by atoms with Gasteiger partial charge in [0.1, 0.15) is 0 Å². The second kappa shape index (κ2) is 7.03. The summed E-state index contributed by atoms with van der Waals surface area (Å²) in [5.74, 6) is 0.121. The molecule has 146 valence electrons. The molecule has 3 saturated heterocycles. The number of morpholine rings is 1. The van der Waals surface area contributed by atoms with Gasteiger partial charge < -0.3 is 9.64 Å². The second-order valence-corrected chi connectivity index (χ2v) is 9.12. The molecule has 6 heteroatoms. The van der Waals surface area contributed by atoms with Crippen molar-refractivity contribution in [1.82, 2.24) is 14.7 Å². The van der Waals surface area contributed by atoms with E-state index in [0.717, 1.165) is 57.5 Å². The average molecular weight is 390 g/mol. The van der Waals surface area contributed by atoms with Gasteiger partial charge in [-0.3, -0.25) is 14.6 Å². The molecule has 1 spiro atoms. The van der Waals surface area contributed by atoms with Crippen molar-refractivity contribution in [2.75, 3.05) is 45.9 Å². The summed E-state index contributed by atoms with van der Waals surface area (Å²) in [5, 5.41) is 0.666. The van der Waals surface area contributed by atoms with Crippen molar-refractivity contribution in [2.45, 2.75) is 43.3 Å². The van der Waals surface area contributed by atoms with Gasteiger partial charge in [-0.2, -0.15) is 0 Å². The third kappa shape index (κ3) is 3.19. The van der Waals surface area contributed by atoms with Crippen molar-refractivity contribution in [2.24, 2.45) is 0 Å². The van der Waals surface area contributed by atoms with Gasteiger partial charge >= 0.3 is 0 Å². The van der Waals surface area contributed by atoms with Crippen LogP contribution in [0.1, 0.15) is 36.0 Å². The molecule has 3 heterocycles. The zero-order chi connectivity index (χ0) is 18.4. The summed E-state index contributed by atoms with van der Waals surface area (Å²) in [5.41, 5.74) is 0.837. The maximum atomic E-state index is 13.2. The summed E-state index contributed by atoms with van der Waals surface area (Å²) in [4.78, 5) is 20.5. The van der Waals surface area contributed by atoms with Gasteiger partial charge in [0.25, 0.3) is 5.91 Å². The number of piperazine rings is 1. The standard InChI is InChI=1S/C21H28ClN3O2/c22-17-7-5-16(6-8-17)20(26)23-11-19-12-27-10-9-25(19)21(13-23)14-24(15-21)18-3-1-2-4-18/h5-8,18-19H,1-4,9-15H2/t19-/m1/s1. The predicted molar refractivity (Wildman–Crippen MR) is 105 cm³/mol. The largest absolute Gasteiger partial charge is 0.378 e. The molecule has 1 aliphatic carbocycles. The minimum atomic E-state index is 0.109. The molecule has 0 aromatic heterocycles. The third-order valence-corrected chi connectivity index (χ3v) is 7.22. The summed E-state index contributed by atoms with van der Waals surface area (Å²) in [6.07, 6.45) is 5.43. The Kier molecular flexibility index (Phi) is 4.67. The zero-order valence-electron chi connectivity index (χ0n) is 15.8. The fourth-order valence-corrected chi connectivity index (χ4v) is 5.77. The SMILES string of the molecule is O=C(c1ccc(Cl)cc1)N1C[C@@H]2COCCN2C2(C1)CN(C1CCCC1)C2. The van der Waals surface area contributed by atoms with E-state index < -0.39 is 0 Å². The van der Waals surface area contributed by atoms with Crippen LogP contribution >= 0.6 is 11.6 Å². The number of ether oxygens (including phenoxy) is 1. The molecule has 1 saturated carbocycles. The van der Waals surface area contributed by atoms with Gasteiger partial charge in [0.15, 0.2) is 0 Å². The van der Waals surface area contributed by atoms with Crippen molar-refractivity contribution in [3.05, 3.63) is 34.9 Å². The fraction of sp³-hybridized carbons (Fsp3) is 0.667. The van der Waals surface area contributed by atoms with Crippen LogP contribution in [0.15, 0.2) is 24.3 Å². The van der Waals surface area contributed by atoms with E-state index in [1.54, 1.807) is 12.1 Å². The molecular formula is C21H28ClN3O2. The van der Waals surface area contributed by atoms with Crippen molar-refractivity contribution >= 4 is 17.5 Å². The third-order valence-electron chi connectivity index (χ3n) is 6.97. The minimum Gasteiger partial charge on any atom is -0.378 e. The fourth-order valence-electron chi connectivity index (χ4n) is 5.64. The molecule has 0 radical (unpaired) electrons. The zero-order valence-corrected chi connectivity index (χ0v) is 16.5. The van der Waals surface area contributed by atoms with E-state index in [9.17, 15) is 4.79 Å². The van der Waals surface area contributed by atoms with E-state index in [0.29, 0.717) is 11.1 Å². The van der Waals surface area contributed by atoms with E-state index in [1.165, 1.54) is 25.7 Å². The first-order chi connectivity index (χ1) is 13.1. The number of carbonyl (C=O) groups is 1. The second-order valence-electron chi connectivity index (χ2n) is 8.68. The van der Waals surface area contributed by atoms with Crippen LogP contribution in [0.25, 0.3) is 0 Å². The number of hydrogen-bond acceptors (Lipinski definition) is 4. The molecule has 4 aliphatic rings. The molecule has 1 amide bonds. The Labute approximate surface area is 166 Å². The first kappa shape index (κ1) is 17.9. The van der Waals surface area contributed by atoms with E-state index in [-0.39, 0.29) is 11.4 Å². The molecular weight excluding hydrogens is 362 g/mol. The van der Waals surface area contributed by atoms with Gasteiger partial charge in [-0.25, -0.2) is 0 Å². The number of likely N-dealkylation sites (tertiary alicyclic amines) is 1. The van der Waals surface area contributed by atoms with Crippen LogP contribution in [0.2, 0.25) is 5.02 Å². The van der Waals surface area contributed by atoms with Crippen molar-refractivity contribution in [3.63, 3.8) is 0 Å². The number of benzene rings is 1. The maximum absolute atomic E-state index is 13.2. The predicted octanol–water partition coefficient (Wildman–Crippen LogP) is 2.49. The number of carbonyl (C=O) groups excluding carboxylic acids is 1. The number of fused-ring (bicyclic) bond motifs is 2. The highest BCUT2D eigenvalue weighted by Gasteiger charge is 2.56. The summed E-state index contributed by atoms with van der Waals surface area (Å²) in [6, 6.07) is 8.36. The summed E-state index contributed by atoms with van der Waals surface area (Å²) in [6.45, 7) is 6.31. The summed E-state index contributed by atoms with van der Waals surface area (Å²) >= 11 is 5.99. The molecule has 0 N–H and O–H groups in total. The molecule has 27 heavy (non-hydrogen) atoms. The minimum absolute atomic E-state index is 0.109. The van der Waals surface area contributed by atoms with Gasteiger partial charge in [0, 0.05) is 49.4 Å². The highest BCUT2D eigenvalue weighted by atomic mass is 35.5. The Morgan fingerprint density at radius 3 is 2.56 bits per heavy atom. The Hall–Kier alpha value is -1.14. The van der Waals surface area contributed by atoms with Gasteiger partial charge in [0.05, 0.1) is 24.8 Å². The molecule has 5 nitrogen and oxygen atoms in total. The molecule has 1 aromatic rings. The van der Waals surface area contributed by atoms with Crippen LogP contribution in [0, 0.1) is 0 Å². The molecule has 3 aliphatic heterocycles. The van der Waals surface area contributed by atoms with Gasteiger partial charge in [-0.15, -0.1) is 0 Å². The van der Waals surface area contributed by atoms with Crippen molar-refractivity contribution in [3.8, 4) is 0 Å². The van der Waals surface area contributed by atoms with E-state index in [4.69, 9.17) is 16.3 Å². The maximum Gasteiger partial charge on any atom is 0.253 e.